The molecule has 0 unspecified atom stereocenters. The average molecular weight is 353 g/mol. The molecule has 1 aliphatic heterocycles. The molecule has 8 heteroatoms. The SMILES string of the molecule is CC[Si]1(CC)O[SiH2]O[Si](CC)(CC)O[Si](CC)(CC)O1. The topological polar surface area (TPSA) is 36.9 Å². The summed E-state index contributed by atoms with van der Waals surface area (Å²) in [7, 11) is -7.31. The van der Waals surface area contributed by atoms with Gasteiger partial charge in [0.25, 0.3) is 10.0 Å². The minimum atomic E-state index is -2.17. The van der Waals surface area contributed by atoms with Crippen molar-refractivity contribution in [1.82, 2.24) is 0 Å². The summed E-state index contributed by atoms with van der Waals surface area (Å²) in [5.41, 5.74) is 0. The Morgan fingerprint density at radius 1 is 0.550 bits per heavy atom. The molecule has 1 rings (SSSR count). The van der Waals surface area contributed by atoms with E-state index in [9.17, 15) is 0 Å². The molecule has 1 heterocycles. The highest BCUT2D eigenvalue weighted by Gasteiger charge is 2.52. The third-order valence-electron chi connectivity index (χ3n) is 4.62. The van der Waals surface area contributed by atoms with Gasteiger partial charge in [0, 0.05) is 0 Å². The van der Waals surface area contributed by atoms with Crippen LogP contribution in [0.4, 0.5) is 0 Å². The van der Waals surface area contributed by atoms with Gasteiger partial charge in [-0.05, 0) is 36.3 Å². The molecule has 0 atom stereocenters. The summed E-state index contributed by atoms with van der Waals surface area (Å²) in [6.45, 7) is 13.2. The predicted octanol–water partition coefficient (Wildman–Crippen LogP) is 3.51. The molecule has 120 valence electrons. The fourth-order valence-corrected chi connectivity index (χ4v) is 22.1. The van der Waals surface area contributed by atoms with Crippen LogP contribution in [0.3, 0.4) is 0 Å². The van der Waals surface area contributed by atoms with Crippen molar-refractivity contribution in [3.8, 4) is 0 Å². The number of hydrogen-bond donors (Lipinski definition) is 0. The normalized spacial score (nSPS) is 24.9. The van der Waals surface area contributed by atoms with E-state index in [0.29, 0.717) is 0 Å². The Kier molecular flexibility index (Phi) is 7.33. The van der Waals surface area contributed by atoms with E-state index in [1.54, 1.807) is 0 Å². The Balaban J connectivity index is 3.10. The largest absolute Gasteiger partial charge is 0.420 e. The second kappa shape index (κ2) is 7.82. The zero-order chi connectivity index (χ0) is 15.3. The van der Waals surface area contributed by atoms with Gasteiger partial charge in [0.05, 0.1) is 0 Å². The predicted molar refractivity (Wildman–Crippen MR) is 93.0 cm³/mol. The summed E-state index contributed by atoms with van der Waals surface area (Å²) in [4.78, 5) is 0. The molecule has 0 aliphatic carbocycles. The maximum atomic E-state index is 6.75. The first-order valence-corrected chi connectivity index (χ1v) is 16.0. The molecule has 0 saturated carbocycles. The molecule has 20 heavy (non-hydrogen) atoms. The van der Waals surface area contributed by atoms with Gasteiger partial charge in [0.2, 0.25) is 0 Å². The Morgan fingerprint density at radius 2 is 0.850 bits per heavy atom. The van der Waals surface area contributed by atoms with Crippen LogP contribution in [0.1, 0.15) is 41.5 Å². The molecule has 1 saturated heterocycles. The quantitative estimate of drug-likeness (QED) is 0.685. The van der Waals surface area contributed by atoms with Crippen LogP contribution in [-0.4, -0.2) is 35.7 Å². The van der Waals surface area contributed by atoms with Gasteiger partial charge >= 0.3 is 25.7 Å². The van der Waals surface area contributed by atoms with E-state index >= 15 is 0 Å². The molecular weight excluding hydrogens is 320 g/mol. The van der Waals surface area contributed by atoms with Crippen molar-refractivity contribution in [3.63, 3.8) is 0 Å². The van der Waals surface area contributed by atoms with Crippen molar-refractivity contribution < 1.29 is 16.5 Å². The second-order valence-electron chi connectivity index (χ2n) is 5.46. The van der Waals surface area contributed by atoms with Crippen LogP contribution < -0.4 is 0 Å². The van der Waals surface area contributed by atoms with Crippen LogP contribution in [0.25, 0.3) is 0 Å². The summed E-state index contributed by atoms with van der Waals surface area (Å²) in [5.74, 6) is 0. The zero-order valence-corrected chi connectivity index (χ0v) is 18.5. The molecule has 0 aromatic carbocycles. The third-order valence-corrected chi connectivity index (χ3v) is 22.2. The van der Waals surface area contributed by atoms with Gasteiger partial charge in [-0.25, -0.2) is 0 Å². The lowest BCUT2D eigenvalue weighted by Gasteiger charge is -2.47. The lowest BCUT2D eigenvalue weighted by atomic mass is 10.9. The van der Waals surface area contributed by atoms with Gasteiger partial charge in [-0.3, -0.25) is 0 Å². The first kappa shape index (κ1) is 18.8. The molecule has 0 radical (unpaired) electrons. The van der Waals surface area contributed by atoms with E-state index in [1.807, 2.05) is 0 Å². The molecule has 0 N–H and O–H groups in total. The minimum absolute atomic E-state index is 0.969. The van der Waals surface area contributed by atoms with E-state index in [-0.39, 0.29) is 0 Å². The van der Waals surface area contributed by atoms with Crippen LogP contribution in [0.2, 0.25) is 36.3 Å². The van der Waals surface area contributed by atoms with Crippen LogP contribution in [0, 0.1) is 0 Å². The Hall–Kier alpha value is 0.708. The highest BCUT2D eigenvalue weighted by Crippen LogP contribution is 2.35. The highest BCUT2D eigenvalue weighted by atomic mass is 28.5. The van der Waals surface area contributed by atoms with Crippen LogP contribution >= 0.6 is 0 Å². The Morgan fingerprint density at radius 3 is 1.10 bits per heavy atom. The lowest BCUT2D eigenvalue weighted by Crippen LogP contribution is -2.63. The minimum Gasteiger partial charge on any atom is -0.420 e. The van der Waals surface area contributed by atoms with Gasteiger partial charge < -0.3 is 16.5 Å². The molecule has 4 nitrogen and oxygen atoms in total. The number of hydrogen-bond acceptors (Lipinski definition) is 4. The van der Waals surface area contributed by atoms with Crippen molar-refractivity contribution in [1.29, 1.82) is 0 Å². The van der Waals surface area contributed by atoms with Gasteiger partial charge in [0.15, 0.2) is 0 Å². The Bertz CT molecular complexity index is 267. The average Bonchev–Trinajstić information content (AvgIpc) is 2.49. The van der Waals surface area contributed by atoms with Crippen LogP contribution in [-0.2, 0) is 16.5 Å². The first-order chi connectivity index (χ1) is 9.49. The molecule has 0 aromatic rings. The van der Waals surface area contributed by atoms with E-state index in [1.165, 1.54) is 0 Å². The molecule has 0 aromatic heterocycles. The van der Waals surface area contributed by atoms with Crippen molar-refractivity contribution in [3.05, 3.63) is 0 Å². The van der Waals surface area contributed by atoms with E-state index in [4.69, 9.17) is 16.5 Å². The van der Waals surface area contributed by atoms with Crippen molar-refractivity contribution in [2.24, 2.45) is 0 Å². The Labute approximate surface area is 130 Å². The standard InChI is InChI=1S/C12H32O4Si4/c1-7-18(8-2)13-17-14-19(9-3,10-4)16-20(11-5,12-6)15-18/h7-12,17H2,1-6H3. The van der Waals surface area contributed by atoms with Crippen molar-refractivity contribution in [2.45, 2.75) is 77.8 Å². The van der Waals surface area contributed by atoms with Gasteiger partial charge in [-0.1, -0.05) is 41.5 Å². The second-order valence-corrected chi connectivity index (χ2v) is 19.3. The lowest BCUT2D eigenvalue weighted by molar-refractivity contribution is 0.240. The molecular formula is C12H32O4Si4. The van der Waals surface area contributed by atoms with Gasteiger partial charge in [0.1, 0.15) is 0 Å². The molecule has 0 amide bonds. The fourth-order valence-electron chi connectivity index (χ4n) is 2.74. The molecule has 1 aliphatic rings. The van der Waals surface area contributed by atoms with E-state index in [0.717, 1.165) is 36.3 Å². The monoisotopic (exact) mass is 352 g/mol. The number of rotatable bonds is 6. The van der Waals surface area contributed by atoms with Crippen LogP contribution in [0.15, 0.2) is 0 Å². The zero-order valence-electron chi connectivity index (χ0n) is 14.1. The maximum Gasteiger partial charge on any atom is 0.320 e. The summed E-state index contributed by atoms with van der Waals surface area (Å²) < 4.78 is 26.1. The molecule has 0 bridgehead atoms. The fraction of sp³-hybridized carbons (Fsp3) is 1.00. The van der Waals surface area contributed by atoms with Crippen molar-refractivity contribution in [2.75, 3.05) is 0 Å². The van der Waals surface area contributed by atoms with E-state index < -0.39 is 35.7 Å². The van der Waals surface area contributed by atoms with Crippen LogP contribution in [0.5, 0.6) is 0 Å². The smallest absolute Gasteiger partial charge is 0.320 e. The summed E-state index contributed by atoms with van der Waals surface area (Å²) in [5, 5.41) is 0. The van der Waals surface area contributed by atoms with E-state index in [2.05, 4.69) is 41.5 Å². The van der Waals surface area contributed by atoms with Gasteiger partial charge in [-0.15, -0.1) is 0 Å². The first-order valence-electron chi connectivity index (χ1n) is 8.17. The summed E-state index contributed by atoms with van der Waals surface area (Å²) in [6.07, 6.45) is 0. The molecule has 1 fully saturated rings. The third kappa shape index (κ3) is 3.92. The molecule has 0 spiro atoms. The summed E-state index contributed by atoms with van der Waals surface area (Å²) >= 11 is 0. The van der Waals surface area contributed by atoms with Crippen molar-refractivity contribution >= 4 is 35.7 Å². The maximum absolute atomic E-state index is 6.75. The van der Waals surface area contributed by atoms with Gasteiger partial charge in [-0.2, -0.15) is 0 Å². The summed E-state index contributed by atoms with van der Waals surface area (Å²) in [6, 6.07) is 6.02. The highest BCUT2D eigenvalue weighted by molar-refractivity contribution is 6.89.